The first-order valence-corrected chi connectivity index (χ1v) is 5.77. The van der Waals surface area contributed by atoms with Crippen molar-refractivity contribution in [1.29, 1.82) is 0 Å². The van der Waals surface area contributed by atoms with Crippen LogP contribution in [0.3, 0.4) is 0 Å². The summed E-state index contributed by atoms with van der Waals surface area (Å²) in [6.07, 6.45) is 0.912. The Balaban J connectivity index is 2.54. The van der Waals surface area contributed by atoms with Gasteiger partial charge in [0.1, 0.15) is 11.4 Å². The monoisotopic (exact) mass is 236 g/mol. The van der Waals surface area contributed by atoms with Gasteiger partial charge >= 0.3 is 5.97 Å². The molecule has 5 nitrogen and oxygen atoms in total. The average molecular weight is 236 g/mol. The summed E-state index contributed by atoms with van der Waals surface area (Å²) in [6, 6.07) is 2.98. The second kappa shape index (κ2) is 4.61. The van der Waals surface area contributed by atoms with E-state index in [1.54, 1.807) is 17.6 Å². The number of fused-ring (bicyclic) bond motifs is 1. The highest BCUT2D eigenvalue weighted by Crippen LogP contribution is 2.22. The molecule has 0 bridgehead atoms. The Morgan fingerprint density at radius 1 is 1.41 bits per heavy atom. The summed E-state index contributed by atoms with van der Waals surface area (Å²) in [5, 5.41) is 0. The molecule has 0 aliphatic carbocycles. The summed E-state index contributed by atoms with van der Waals surface area (Å²) in [4.78, 5) is 25.5. The fourth-order valence-electron chi connectivity index (χ4n) is 2.14. The number of ether oxygens (including phenoxy) is 1. The summed E-state index contributed by atoms with van der Waals surface area (Å²) in [5.74, 6) is 0.298. The summed E-state index contributed by atoms with van der Waals surface area (Å²) in [6.45, 7) is 3.60. The predicted molar refractivity (Wildman–Crippen MR) is 64.5 cm³/mol. The zero-order chi connectivity index (χ0) is 12.4. The molecule has 17 heavy (non-hydrogen) atoms. The number of rotatable bonds is 2. The molecule has 0 saturated heterocycles. The van der Waals surface area contributed by atoms with E-state index in [1.165, 1.54) is 6.07 Å². The maximum atomic E-state index is 11.8. The highest BCUT2D eigenvalue weighted by atomic mass is 16.5. The van der Waals surface area contributed by atoms with Crippen LogP contribution in [0.2, 0.25) is 0 Å². The topological polar surface area (TPSA) is 51.5 Å². The lowest BCUT2D eigenvalue weighted by Crippen LogP contribution is -2.36. The van der Waals surface area contributed by atoms with Gasteiger partial charge in [-0.3, -0.25) is 9.36 Å². The largest absolute Gasteiger partial charge is 0.462 e. The van der Waals surface area contributed by atoms with Crippen molar-refractivity contribution in [2.45, 2.75) is 19.9 Å². The molecule has 5 heteroatoms. The molecular weight excluding hydrogens is 220 g/mol. The third-order valence-corrected chi connectivity index (χ3v) is 2.89. The van der Waals surface area contributed by atoms with Crippen molar-refractivity contribution in [1.82, 2.24) is 4.57 Å². The number of hydrogen-bond acceptors (Lipinski definition) is 4. The van der Waals surface area contributed by atoms with Crippen LogP contribution in [-0.2, 0) is 11.3 Å². The lowest BCUT2D eigenvalue weighted by Gasteiger charge is -2.30. The fourth-order valence-corrected chi connectivity index (χ4v) is 2.14. The van der Waals surface area contributed by atoms with E-state index in [2.05, 4.69) is 0 Å². The van der Waals surface area contributed by atoms with E-state index in [0.717, 1.165) is 13.0 Å². The minimum absolute atomic E-state index is 0.0698. The number of nitrogens with zero attached hydrogens (tertiary/aromatic N) is 2. The van der Waals surface area contributed by atoms with Crippen LogP contribution >= 0.6 is 0 Å². The van der Waals surface area contributed by atoms with E-state index in [0.29, 0.717) is 24.5 Å². The first-order valence-electron chi connectivity index (χ1n) is 5.77. The molecule has 0 spiro atoms. The Bertz CT molecular complexity index is 493. The van der Waals surface area contributed by atoms with Gasteiger partial charge in [0.15, 0.2) is 0 Å². The number of anilines is 1. The van der Waals surface area contributed by atoms with E-state index < -0.39 is 0 Å². The molecule has 1 aliphatic rings. The molecule has 0 radical (unpaired) electrons. The van der Waals surface area contributed by atoms with Crippen LogP contribution in [0.15, 0.2) is 16.9 Å². The normalized spacial score (nSPS) is 14.4. The Morgan fingerprint density at radius 3 is 2.88 bits per heavy atom. The van der Waals surface area contributed by atoms with Crippen molar-refractivity contribution in [2.75, 3.05) is 25.1 Å². The minimum Gasteiger partial charge on any atom is -0.462 e. The van der Waals surface area contributed by atoms with E-state index >= 15 is 0 Å². The van der Waals surface area contributed by atoms with Gasteiger partial charge in [0.2, 0.25) is 0 Å². The first kappa shape index (κ1) is 11.7. The molecular formula is C12H16N2O3. The lowest BCUT2D eigenvalue weighted by atomic mass is 10.2. The van der Waals surface area contributed by atoms with Gasteiger partial charge in [-0.1, -0.05) is 0 Å². The van der Waals surface area contributed by atoms with Gasteiger partial charge in [-0.15, -0.1) is 0 Å². The van der Waals surface area contributed by atoms with E-state index in [-0.39, 0.29) is 11.5 Å². The molecule has 0 fully saturated rings. The number of carbonyl (C=O) groups excluding carboxylic acids is 1. The summed E-state index contributed by atoms with van der Waals surface area (Å²) in [7, 11) is 1.88. The Kier molecular flexibility index (Phi) is 3.17. The second-order valence-corrected chi connectivity index (χ2v) is 4.06. The maximum absolute atomic E-state index is 11.8. The van der Waals surface area contributed by atoms with Crippen molar-refractivity contribution in [2.24, 2.45) is 0 Å². The van der Waals surface area contributed by atoms with Crippen molar-refractivity contribution in [3.05, 3.63) is 28.0 Å². The van der Waals surface area contributed by atoms with Gasteiger partial charge < -0.3 is 9.64 Å². The molecule has 0 amide bonds. The van der Waals surface area contributed by atoms with Crippen LogP contribution < -0.4 is 10.5 Å². The Hall–Kier alpha value is -1.78. The number of pyridine rings is 1. The molecule has 0 aromatic carbocycles. The van der Waals surface area contributed by atoms with Crippen LogP contribution in [0.25, 0.3) is 0 Å². The van der Waals surface area contributed by atoms with Crippen molar-refractivity contribution in [3.63, 3.8) is 0 Å². The van der Waals surface area contributed by atoms with Gasteiger partial charge in [-0.25, -0.2) is 4.79 Å². The molecule has 1 aromatic rings. The lowest BCUT2D eigenvalue weighted by molar-refractivity contribution is 0.0526. The van der Waals surface area contributed by atoms with Gasteiger partial charge in [-0.05, 0) is 19.4 Å². The maximum Gasteiger partial charge on any atom is 0.341 e. The zero-order valence-electron chi connectivity index (χ0n) is 10.1. The quantitative estimate of drug-likeness (QED) is 0.715. The van der Waals surface area contributed by atoms with Crippen LogP contribution in [-0.4, -0.2) is 30.7 Å². The Labute approximate surface area is 99.6 Å². The van der Waals surface area contributed by atoms with Crippen molar-refractivity contribution < 1.29 is 9.53 Å². The standard InChI is InChI=1S/C12H16N2O3/c1-3-17-12(16)9-5-6-10(15)14-8-4-7-13(2)11(9)14/h5-6H,3-4,7-8H2,1-2H3. The smallest absolute Gasteiger partial charge is 0.341 e. The summed E-state index contributed by atoms with van der Waals surface area (Å²) < 4.78 is 6.64. The van der Waals surface area contributed by atoms with E-state index in [1.807, 2.05) is 11.9 Å². The van der Waals surface area contributed by atoms with Gasteiger partial charge in [0.05, 0.1) is 6.61 Å². The van der Waals surface area contributed by atoms with Crippen LogP contribution in [0, 0.1) is 0 Å². The molecule has 1 aromatic heterocycles. The average Bonchev–Trinajstić information content (AvgIpc) is 2.31. The molecule has 0 atom stereocenters. The molecule has 2 rings (SSSR count). The highest BCUT2D eigenvalue weighted by Gasteiger charge is 2.22. The number of carbonyl (C=O) groups is 1. The van der Waals surface area contributed by atoms with Gasteiger partial charge in [0.25, 0.3) is 5.56 Å². The van der Waals surface area contributed by atoms with Crippen LogP contribution in [0.1, 0.15) is 23.7 Å². The molecule has 1 aliphatic heterocycles. The van der Waals surface area contributed by atoms with Gasteiger partial charge in [-0.2, -0.15) is 0 Å². The summed E-state index contributed by atoms with van der Waals surface area (Å²) >= 11 is 0. The second-order valence-electron chi connectivity index (χ2n) is 4.06. The summed E-state index contributed by atoms with van der Waals surface area (Å²) in [5.41, 5.74) is 0.397. The number of esters is 1. The number of aromatic nitrogens is 1. The minimum atomic E-state index is -0.370. The molecule has 0 unspecified atom stereocenters. The SMILES string of the molecule is CCOC(=O)c1ccc(=O)n2c1N(C)CCC2. The predicted octanol–water partition coefficient (Wildman–Crippen LogP) is 0.865. The molecule has 92 valence electrons. The molecule has 0 N–H and O–H groups in total. The zero-order valence-corrected chi connectivity index (χ0v) is 10.1. The third-order valence-electron chi connectivity index (χ3n) is 2.89. The molecule has 2 heterocycles. The van der Waals surface area contributed by atoms with E-state index in [9.17, 15) is 9.59 Å². The Morgan fingerprint density at radius 2 is 2.18 bits per heavy atom. The highest BCUT2D eigenvalue weighted by molar-refractivity contribution is 5.95. The first-order chi connectivity index (χ1) is 8.15. The van der Waals surface area contributed by atoms with E-state index in [4.69, 9.17) is 4.74 Å². The van der Waals surface area contributed by atoms with Gasteiger partial charge in [0, 0.05) is 26.2 Å². The van der Waals surface area contributed by atoms with Crippen molar-refractivity contribution in [3.8, 4) is 0 Å². The number of hydrogen-bond donors (Lipinski definition) is 0. The van der Waals surface area contributed by atoms with Crippen LogP contribution in [0.5, 0.6) is 0 Å². The van der Waals surface area contributed by atoms with Crippen molar-refractivity contribution >= 4 is 11.8 Å². The van der Waals surface area contributed by atoms with Crippen LogP contribution in [0.4, 0.5) is 5.82 Å². The molecule has 0 saturated carbocycles. The fraction of sp³-hybridized carbons (Fsp3) is 0.500. The third kappa shape index (κ3) is 2.05.